The lowest BCUT2D eigenvalue weighted by Crippen LogP contribution is -2.44. The molecular formula is C10H19N3O2. The van der Waals surface area contributed by atoms with Gasteiger partial charge in [0.1, 0.15) is 0 Å². The van der Waals surface area contributed by atoms with Crippen LogP contribution in [0.4, 0.5) is 0 Å². The molecule has 2 N–H and O–H groups in total. The van der Waals surface area contributed by atoms with Gasteiger partial charge < -0.3 is 15.5 Å². The third-order valence-electron chi connectivity index (χ3n) is 2.36. The van der Waals surface area contributed by atoms with E-state index in [4.69, 9.17) is 0 Å². The fourth-order valence-corrected chi connectivity index (χ4v) is 1.51. The number of hydrogen-bond donors (Lipinski definition) is 2. The predicted molar refractivity (Wildman–Crippen MR) is 57.4 cm³/mol. The smallest absolute Gasteiger partial charge is 0.311 e. The van der Waals surface area contributed by atoms with E-state index in [0.29, 0.717) is 19.6 Å². The van der Waals surface area contributed by atoms with E-state index in [2.05, 4.69) is 10.6 Å². The topological polar surface area (TPSA) is 61.4 Å². The van der Waals surface area contributed by atoms with Gasteiger partial charge in [-0.2, -0.15) is 0 Å². The zero-order valence-electron chi connectivity index (χ0n) is 9.21. The van der Waals surface area contributed by atoms with Gasteiger partial charge in [-0.3, -0.25) is 9.59 Å². The highest BCUT2D eigenvalue weighted by atomic mass is 16.2. The second kappa shape index (κ2) is 6.40. The first-order chi connectivity index (χ1) is 7.25. The van der Waals surface area contributed by atoms with Crippen molar-refractivity contribution in [1.82, 2.24) is 15.5 Å². The van der Waals surface area contributed by atoms with Crippen molar-refractivity contribution in [3.63, 3.8) is 0 Å². The van der Waals surface area contributed by atoms with Gasteiger partial charge in [0.15, 0.2) is 0 Å². The van der Waals surface area contributed by atoms with Crippen molar-refractivity contribution in [2.75, 3.05) is 32.7 Å². The molecule has 1 rings (SSSR count). The molecule has 1 aliphatic rings. The average molecular weight is 213 g/mol. The van der Waals surface area contributed by atoms with Gasteiger partial charge in [-0.25, -0.2) is 0 Å². The van der Waals surface area contributed by atoms with E-state index >= 15 is 0 Å². The molecule has 0 saturated carbocycles. The molecule has 15 heavy (non-hydrogen) atoms. The molecule has 0 aromatic rings. The summed E-state index contributed by atoms with van der Waals surface area (Å²) in [5, 5.41) is 5.79. The van der Waals surface area contributed by atoms with E-state index in [0.717, 1.165) is 25.9 Å². The maximum atomic E-state index is 11.6. The van der Waals surface area contributed by atoms with Gasteiger partial charge in [-0.1, -0.05) is 6.92 Å². The molecule has 1 aliphatic heterocycles. The predicted octanol–water partition coefficient (Wildman–Crippen LogP) is -0.665. The van der Waals surface area contributed by atoms with Crippen molar-refractivity contribution < 1.29 is 9.59 Å². The Hall–Kier alpha value is -1.10. The third kappa shape index (κ3) is 3.87. The summed E-state index contributed by atoms with van der Waals surface area (Å²) in [6.07, 6.45) is 1.76. The maximum Gasteiger partial charge on any atom is 0.311 e. The average Bonchev–Trinajstić information content (AvgIpc) is 2.53. The molecule has 1 heterocycles. The fraction of sp³-hybridized carbons (Fsp3) is 0.800. The first-order valence-electron chi connectivity index (χ1n) is 5.53. The molecule has 0 aromatic heterocycles. The minimum atomic E-state index is -0.473. The molecule has 86 valence electrons. The molecule has 0 radical (unpaired) electrons. The second-order valence-corrected chi connectivity index (χ2v) is 3.65. The first-order valence-corrected chi connectivity index (χ1v) is 5.53. The molecule has 5 heteroatoms. The Bertz CT molecular complexity index is 223. The van der Waals surface area contributed by atoms with Crippen molar-refractivity contribution in [3.8, 4) is 0 Å². The van der Waals surface area contributed by atoms with Crippen LogP contribution in [0.2, 0.25) is 0 Å². The summed E-state index contributed by atoms with van der Waals surface area (Å²) >= 11 is 0. The van der Waals surface area contributed by atoms with Crippen molar-refractivity contribution in [1.29, 1.82) is 0 Å². The van der Waals surface area contributed by atoms with Gasteiger partial charge in [0.25, 0.3) is 0 Å². The quantitative estimate of drug-likeness (QED) is 0.598. The molecule has 0 atom stereocenters. The van der Waals surface area contributed by atoms with Gasteiger partial charge in [-0.15, -0.1) is 0 Å². The van der Waals surface area contributed by atoms with E-state index < -0.39 is 11.8 Å². The van der Waals surface area contributed by atoms with E-state index in [1.807, 2.05) is 6.92 Å². The van der Waals surface area contributed by atoms with Crippen molar-refractivity contribution in [2.24, 2.45) is 0 Å². The van der Waals surface area contributed by atoms with Gasteiger partial charge in [0, 0.05) is 26.2 Å². The van der Waals surface area contributed by atoms with Crippen molar-refractivity contribution >= 4 is 11.8 Å². The van der Waals surface area contributed by atoms with Crippen LogP contribution < -0.4 is 10.6 Å². The fourth-order valence-electron chi connectivity index (χ4n) is 1.51. The number of nitrogens with one attached hydrogen (secondary N) is 2. The second-order valence-electron chi connectivity index (χ2n) is 3.65. The molecule has 1 fully saturated rings. The molecule has 0 unspecified atom stereocenters. The summed E-state index contributed by atoms with van der Waals surface area (Å²) in [5.41, 5.74) is 0. The minimum Gasteiger partial charge on any atom is -0.348 e. The molecule has 0 aromatic carbocycles. The van der Waals surface area contributed by atoms with Crippen molar-refractivity contribution in [3.05, 3.63) is 0 Å². The third-order valence-corrected chi connectivity index (χ3v) is 2.36. The maximum absolute atomic E-state index is 11.6. The highest BCUT2D eigenvalue weighted by Crippen LogP contribution is 1.96. The lowest BCUT2D eigenvalue weighted by atomic mass is 10.3. The van der Waals surface area contributed by atoms with Gasteiger partial charge in [-0.05, 0) is 19.4 Å². The molecule has 0 bridgehead atoms. The molecule has 1 saturated heterocycles. The van der Waals surface area contributed by atoms with Gasteiger partial charge in [0.05, 0.1) is 0 Å². The molecule has 5 nitrogen and oxygen atoms in total. The van der Waals surface area contributed by atoms with Crippen LogP contribution in [0.5, 0.6) is 0 Å². The van der Waals surface area contributed by atoms with Crippen LogP contribution in [0, 0.1) is 0 Å². The van der Waals surface area contributed by atoms with E-state index in [9.17, 15) is 9.59 Å². The van der Waals surface area contributed by atoms with Gasteiger partial charge >= 0.3 is 11.8 Å². The van der Waals surface area contributed by atoms with Crippen LogP contribution in [0.15, 0.2) is 0 Å². The monoisotopic (exact) mass is 213 g/mol. The Labute approximate surface area is 90.2 Å². The highest BCUT2D eigenvalue weighted by Gasteiger charge is 2.21. The number of carbonyl (C=O) groups excluding carboxylic acids is 2. The zero-order chi connectivity index (χ0) is 11.1. The Morgan fingerprint density at radius 2 is 2.13 bits per heavy atom. The summed E-state index contributed by atoms with van der Waals surface area (Å²) in [6, 6.07) is 0. The summed E-state index contributed by atoms with van der Waals surface area (Å²) < 4.78 is 0. The van der Waals surface area contributed by atoms with Gasteiger partial charge in [0.2, 0.25) is 0 Å². The minimum absolute atomic E-state index is 0.396. The normalized spacial score (nSPS) is 17.0. The summed E-state index contributed by atoms with van der Waals surface area (Å²) in [5.74, 6) is -0.870. The molecule has 2 amide bonds. The number of hydrogen-bond acceptors (Lipinski definition) is 3. The number of amides is 2. The summed E-state index contributed by atoms with van der Waals surface area (Å²) in [4.78, 5) is 24.6. The van der Waals surface area contributed by atoms with Crippen LogP contribution in [0.1, 0.15) is 19.8 Å². The summed E-state index contributed by atoms with van der Waals surface area (Å²) in [6.45, 7) is 5.51. The Balaban J connectivity index is 2.39. The largest absolute Gasteiger partial charge is 0.348 e. The number of nitrogens with zero attached hydrogens (tertiary/aromatic N) is 1. The highest BCUT2D eigenvalue weighted by molar-refractivity contribution is 6.35. The van der Waals surface area contributed by atoms with Crippen LogP contribution in [0.25, 0.3) is 0 Å². The molecular weight excluding hydrogens is 194 g/mol. The van der Waals surface area contributed by atoms with E-state index in [1.165, 1.54) is 0 Å². The van der Waals surface area contributed by atoms with Crippen LogP contribution in [-0.2, 0) is 9.59 Å². The Morgan fingerprint density at radius 3 is 2.87 bits per heavy atom. The van der Waals surface area contributed by atoms with E-state index in [1.54, 1.807) is 4.90 Å². The molecule has 0 spiro atoms. The van der Waals surface area contributed by atoms with Crippen LogP contribution >= 0.6 is 0 Å². The lowest BCUT2D eigenvalue weighted by Gasteiger charge is -2.18. The van der Waals surface area contributed by atoms with Crippen LogP contribution in [0.3, 0.4) is 0 Å². The van der Waals surface area contributed by atoms with E-state index in [-0.39, 0.29) is 0 Å². The lowest BCUT2D eigenvalue weighted by molar-refractivity contribution is -0.145. The standard InChI is InChI=1S/C10H19N3O2/c1-2-4-12-9(14)10(15)13-7-3-5-11-6-8-13/h11H,2-8H2,1H3,(H,12,14). The Kier molecular flexibility index (Phi) is 5.10. The Morgan fingerprint density at radius 1 is 1.33 bits per heavy atom. The summed E-state index contributed by atoms with van der Waals surface area (Å²) in [7, 11) is 0. The zero-order valence-corrected chi connectivity index (χ0v) is 9.21. The van der Waals surface area contributed by atoms with Crippen LogP contribution in [-0.4, -0.2) is 49.4 Å². The molecule has 0 aliphatic carbocycles. The first kappa shape index (κ1) is 12.0. The number of carbonyl (C=O) groups is 2. The SMILES string of the molecule is CCCNC(=O)C(=O)N1CCCNCC1. The van der Waals surface area contributed by atoms with Crippen molar-refractivity contribution in [2.45, 2.75) is 19.8 Å². The number of rotatable bonds is 2.